The van der Waals surface area contributed by atoms with Gasteiger partial charge in [-0.1, -0.05) is 12.1 Å². The molecule has 0 aliphatic rings. The zero-order valence-corrected chi connectivity index (χ0v) is 9.68. The van der Waals surface area contributed by atoms with Crippen molar-refractivity contribution in [1.82, 2.24) is 0 Å². The zero-order chi connectivity index (χ0) is 12.7. The van der Waals surface area contributed by atoms with Crippen LogP contribution in [0.25, 0.3) is 0 Å². The predicted octanol–water partition coefficient (Wildman–Crippen LogP) is 1.08. The number of hydrogen-bond donors (Lipinski definition) is 2. The average molecular weight is 240 g/mol. The molecule has 0 aliphatic carbocycles. The fourth-order valence-corrected chi connectivity index (χ4v) is 1.38. The molecular formula is C12H16O5. The zero-order valence-electron chi connectivity index (χ0n) is 9.68. The van der Waals surface area contributed by atoms with Gasteiger partial charge in [0.2, 0.25) is 0 Å². The SMILES string of the molecule is Cc1cccc(C(=O)O)c1OCCOCCO. The number of aliphatic hydroxyl groups excluding tert-OH is 1. The second-order valence-electron chi connectivity index (χ2n) is 3.44. The molecule has 0 atom stereocenters. The van der Waals surface area contributed by atoms with Crippen molar-refractivity contribution >= 4 is 5.97 Å². The van der Waals surface area contributed by atoms with E-state index in [-0.39, 0.29) is 25.4 Å². The van der Waals surface area contributed by atoms with E-state index >= 15 is 0 Å². The van der Waals surface area contributed by atoms with E-state index < -0.39 is 5.97 Å². The maximum Gasteiger partial charge on any atom is 0.339 e. The first-order valence-corrected chi connectivity index (χ1v) is 5.31. The highest BCUT2D eigenvalue weighted by Crippen LogP contribution is 2.23. The molecule has 0 saturated carbocycles. The van der Waals surface area contributed by atoms with Gasteiger partial charge in [-0.3, -0.25) is 0 Å². The molecule has 0 bridgehead atoms. The maximum absolute atomic E-state index is 11.0. The predicted molar refractivity (Wildman–Crippen MR) is 61.5 cm³/mol. The second-order valence-corrected chi connectivity index (χ2v) is 3.44. The van der Waals surface area contributed by atoms with Crippen molar-refractivity contribution in [3.05, 3.63) is 29.3 Å². The Morgan fingerprint density at radius 3 is 2.71 bits per heavy atom. The van der Waals surface area contributed by atoms with Gasteiger partial charge in [-0.25, -0.2) is 4.79 Å². The molecule has 1 rings (SSSR count). The maximum atomic E-state index is 11.0. The molecule has 5 heteroatoms. The summed E-state index contributed by atoms with van der Waals surface area (Å²) in [6.07, 6.45) is 0. The molecule has 0 saturated heterocycles. The summed E-state index contributed by atoms with van der Waals surface area (Å²) in [5.74, 6) is -0.646. The fourth-order valence-electron chi connectivity index (χ4n) is 1.38. The van der Waals surface area contributed by atoms with Crippen molar-refractivity contribution in [2.45, 2.75) is 6.92 Å². The van der Waals surface area contributed by atoms with Gasteiger partial charge < -0.3 is 19.7 Å². The van der Waals surface area contributed by atoms with Crippen LogP contribution in [0.2, 0.25) is 0 Å². The van der Waals surface area contributed by atoms with Gasteiger partial charge in [-0.15, -0.1) is 0 Å². The number of rotatable bonds is 7. The lowest BCUT2D eigenvalue weighted by Gasteiger charge is -2.11. The number of carboxylic acids is 1. The van der Waals surface area contributed by atoms with E-state index in [4.69, 9.17) is 19.7 Å². The third-order valence-electron chi connectivity index (χ3n) is 2.15. The molecule has 17 heavy (non-hydrogen) atoms. The molecule has 0 amide bonds. The summed E-state index contributed by atoms with van der Waals surface area (Å²) in [5.41, 5.74) is 0.916. The first-order valence-electron chi connectivity index (χ1n) is 5.31. The van der Waals surface area contributed by atoms with E-state index in [2.05, 4.69) is 0 Å². The Morgan fingerprint density at radius 2 is 2.06 bits per heavy atom. The van der Waals surface area contributed by atoms with Crippen LogP contribution in [-0.2, 0) is 4.74 Å². The number of carboxylic acid groups (broad SMARTS) is 1. The van der Waals surface area contributed by atoms with Crippen LogP contribution in [0.1, 0.15) is 15.9 Å². The van der Waals surface area contributed by atoms with E-state index in [1.807, 2.05) is 0 Å². The van der Waals surface area contributed by atoms with Crippen molar-refractivity contribution in [3.63, 3.8) is 0 Å². The van der Waals surface area contributed by atoms with Gasteiger partial charge in [0.15, 0.2) is 0 Å². The minimum Gasteiger partial charge on any atom is -0.490 e. The smallest absolute Gasteiger partial charge is 0.339 e. The first-order chi connectivity index (χ1) is 8.16. The van der Waals surface area contributed by atoms with Crippen LogP contribution in [-0.4, -0.2) is 42.6 Å². The van der Waals surface area contributed by atoms with E-state index in [1.165, 1.54) is 6.07 Å². The normalized spacial score (nSPS) is 10.2. The Morgan fingerprint density at radius 1 is 1.29 bits per heavy atom. The Hall–Kier alpha value is -1.59. The molecule has 0 aromatic heterocycles. The fraction of sp³-hybridized carbons (Fsp3) is 0.417. The Bertz CT molecular complexity index is 375. The summed E-state index contributed by atoms with van der Waals surface area (Å²) >= 11 is 0. The molecule has 1 aromatic rings. The Kier molecular flexibility index (Phi) is 5.45. The molecule has 94 valence electrons. The summed E-state index contributed by atoms with van der Waals surface area (Å²) in [4.78, 5) is 11.0. The molecule has 0 aliphatic heterocycles. The van der Waals surface area contributed by atoms with Crippen molar-refractivity contribution in [1.29, 1.82) is 0 Å². The number of hydrogen-bond acceptors (Lipinski definition) is 4. The summed E-state index contributed by atoms with van der Waals surface area (Å²) in [6.45, 7) is 2.57. The Labute approximate surface area is 99.6 Å². The van der Waals surface area contributed by atoms with Gasteiger partial charge in [0.05, 0.1) is 19.8 Å². The molecule has 0 radical (unpaired) electrons. The number of aromatic carboxylic acids is 1. The van der Waals surface area contributed by atoms with Crippen LogP contribution in [0, 0.1) is 6.92 Å². The number of ether oxygens (including phenoxy) is 2. The van der Waals surface area contributed by atoms with Crippen molar-refractivity contribution in [2.24, 2.45) is 0 Å². The van der Waals surface area contributed by atoms with Crippen LogP contribution in [0.4, 0.5) is 0 Å². The minimum absolute atomic E-state index is 0.0370. The van der Waals surface area contributed by atoms with Gasteiger partial charge in [-0.05, 0) is 18.6 Å². The van der Waals surface area contributed by atoms with Gasteiger partial charge in [0.1, 0.15) is 17.9 Å². The molecule has 0 heterocycles. The molecule has 0 fully saturated rings. The Balaban J connectivity index is 2.60. The first kappa shape index (κ1) is 13.5. The lowest BCUT2D eigenvalue weighted by Crippen LogP contribution is -2.12. The number of aryl methyl sites for hydroxylation is 1. The summed E-state index contributed by atoms with van der Waals surface area (Å²) < 4.78 is 10.4. The van der Waals surface area contributed by atoms with Gasteiger partial charge in [0, 0.05) is 0 Å². The highest BCUT2D eigenvalue weighted by molar-refractivity contribution is 5.91. The van der Waals surface area contributed by atoms with Crippen molar-refractivity contribution < 1.29 is 24.5 Å². The van der Waals surface area contributed by atoms with Gasteiger partial charge in [-0.2, -0.15) is 0 Å². The van der Waals surface area contributed by atoms with Crippen LogP contribution in [0.5, 0.6) is 5.75 Å². The summed E-state index contributed by atoms with van der Waals surface area (Å²) in [6, 6.07) is 4.96. The molecular weight excluding hydrogens is 224 g/mol. The summed E-state index contributed by atoms with van der Waals surface area (Å²) in [5, 5.41) is 17.5. The van der Waals surface area contributed by atoms with Gasteiger partial charge in [0.25, 0.3) is 0 Å². The topological polar surface area (TPSA) is 76.0 Å². The monoisotopic (exact) mass is 240 g/mol. The van der Waals surface area contributed by atoms with E-state index in [9.17, 15) is 4.79 Å². The number of carbonyl (C=O) groups is 1. The highest BCUT2D eigenvalue weighted by atomic mass is 16.5. The van der Waals surface area contributed by atoms with Crippen molar-refractivity contribution in [2.75, 3.05) is 26.4 Å². The van der Waals surface area contributed by atoms with Crippen molar-refractivity contribution in [3.8, 4) is 5.75 Å². The molecule has 1 aromatic carbocycles. The third kappa shape index (κ3) is 4.05. The van der Waals surface area contributed by atoms with Crippen LogP contribution in [0.3, 0.4) is 0 Å². The molecule has 0 spiro atoms. The van der Waals surface area contributed by atoms with Crippen LogP contribution in [0.15, 0.2) is 18.2 Å². The van der Waals surface area contributed by atoms with E-state index in [0.717, 1.165) is 5.56 Å². The lowest BCUT2D eigenvalue weighted by molar-refractivity contribution is 0.0655. The highest BCUT2D eigenvalue weighted by Gasteiger charge is 2.12. The molecule has 2 N–H and O–H groups in total. The largest absolute Gasteiger partial charge is 0.490 e. The number of benzene rings is 1. The summed E-state index contributed by atoms with van der Waals surface area (Å²) in [7, 11) is 0. The second kappa shape index (κ2) is 6.88. The van der Waals surface area contributed by atoms with Gasteiger partial charge >= 0.3 is 5.97 Å². The molecule has 5 nitrogen and oxygen atoms in total. The quantitative estimate of drug-likeness (QED) is 0.697. The van der Waals surface area contributed by atoms with E-state index in [0.29, 0.717) is 12.4 Å². The average Bonchev–Trinajstić information content (AvgIpc) is 2.30. The standard InChI is InChI=1S/C12H16O5/c1-9-3-2-4-10(12(14)15)11(9)17-8-7-16-6-5-13/h2-4,13H,5-8H2,1H3,(H,14,15). The lowest BCUT2D eigenvalue weighted by atomic mass is 10.1. The minimum atomic E-state index is -1.01. The van der Waals surface area contributed by atoms with E-state index in [1.54, 1.807) is 19.1 Å². The number of aliphatic hydroxyl groups is 1. The third-order valence-corrected chi connectivity index (χ3v) is 2.15. The van der Waals surface area contributed by atoms with Crippen LogP contribution >= 0.6 is 0 Å². The number of para-hydroxylation sites is 1. The molecule has 0 unspecified atom stereocenters. The van der Waals surface area contributed by atoms with Crippen LogP contribution < -0.4 is 4.74 Å².